The lowest BCUT2D eigenvalue weighted by molar-refractivity contribution is 0.0124. The first-order valence-electron chi connectivity index (χ1n) is 7.55. The molecule has 5 nitrogen and oxygen atoms in total. The van der Waals surface area contributed by atoms with Gasteiger partial charge in [-0.2, -0.15) is 0 Å². The van der Waals surface area contributed by atoms with E-state index in [4.69, 9.17) is 4.74 Å². The van der Waals surface area contributed by atoms with Crippen LogP contribution in [0.1, 0.15) is 32.8 Å². The van der Waals surface area contributed by atoms with Crippen LogP contribution in [0.3, 0.4) is 0 Å². The summed E-state index contributed by atoms with van der Waals surface area (Å²) in [6.07, 6.45) is 4.55. The van der Waals surface area contributed by atoms with Gasteiger partial charge in [-0.3, -0.25) is 9.88 Å². The molecule has 1 aromatic rings. The van der Waals surface area contributed by atoms with Crippen LogP contribution in [0.5, 0.6) is 0 Å². The van der Waals surface area contributed by atoms with E-state index in [1.54, 1.807) is 0 Å². The average Bonchev–Trinajstić information content (AvgIpc) is 2.97. The molecule has 3 rings (SSSR count). The number of likely N-dealkylation sites (tertiary alicyclic amines) is 2. The average molecular weight is 289 g/mol. The zero-order chi connectivity index (χ0) is 15.0. The molecular formula is C16H23N3O2. The first kappa shape index (κ1) is 14.3. The van der Waals surface area contributed by atoms with Crippen LogP contribution in [0.25, 0.3) is 0 Å². The second-order valence-electron chi connectivity index (χ2n) is 6.96. The fourth-order valence-corrected chi connectivity index (χ4v) is 3.21. The van der Waals surface area contributed by atoms with Gasteiger partial charge < -0.3 is 9.64 Å². The SMILES string of the molecule is CC(C)(C)OC(=O)N1CC2CC1CN2Cc1ccncc1. The van der Waals surface area contributed by atoms with E-state index in [9.17, 15) is 4.79 Å². The number of amides is 1. The van der Waals surface area contributed by atoms with Gasteiger partial charge in [0.25, 0.3) is 0 Å². The van der Waals surface area contributed by atoms with Crippen molar-refractivity contribution in [2.75, 3.05) is 13.1 Å². The summed E-state index contributed by atoms with van der Waals surface area (Å²) in [5, 5.41) is 0. The third-order valence-corrected chi connectivity index (χ3v) is 4.12. The van der Waals surface area contributed by atoms with Gasteiger partial charge in [-0.1, -0.05) is 0 Å². The van der Waals surface area contributed by atoms with Gasteiger partial charge in [-0.15, -0.1) is 0 Å². The van der Waals surface area contributed by atoms with Gasteiger partial charge in [0.05, 0.1) is 0 Å². The number of fused-ring (bicyclic) bond motifs is 2. The Bertz CT molecular complexity index is 512. The molecule has 114 valence electrons. The number of pyridine rings is 1. The van der Waals surface area contributed by atoms with Crippen molar-refractivity contribution >= 4 is 6.09 Å². The Hall–Kier alpha value is -1.62. The molecule has 0 saturated carbocycles. The van der Waals surface area contributed by atoms with Gasteiger partial charge in [0.15, 0.2) is 0 Å². The lowest BCUT2D eigenvalue weighted by atomic mass is 10.2. The third kappa shape index (κ3) is 3.18. The Kier molecular flexibility index (Phi) is 3.61. The summed E-state index contributed by atoms with van der Waals surface area (Å²) in [7, 11) is 0. The minimum Gasteiger partial charge on any atom is -0.444 e. The maximum atomic E-state index is 12.2. The monoisotopic (exact) mass is 289 g/mol. The zero-order valence-electron chi connectivity index (χ0n) is 13.0. The number of carbonyl (C=O) groups excluding carboxylic acids is 1. The van der Waals surface area contributed by atoms with E-state index in [-0.39, 0.29) is 6.09 Å². The van der Waals surface area contributed by atoms with Gasteiger partial charge in [0.2, 0.25) is 0 Å². The fraction of sp³-hybridized carbons (Fsp3) is 0.625. The minimum absolute atomic E-state index is 0.168. The minimum atomic E-state index is -0.421. The quantitative estimate of drug-likeness (QED) is 0.838. The lowest BCUT2D eigenvalue weighted by Gasteiger charge is -2.35. The van der Waals surface area contributed by atoms with E-state index < -0.39 is 5.60 Å². The Labute approximate surface area is 125 Å². The van der Waals surface area contributed by atoms with E-state index in [0.717, 1.165) is 26.1 Å². The molecule has 0 radical (unpaired) electrons. The Morgan fingerprint density at radius 2 is 2.00 bits per heavy atom. The summed E-state index contributed by atoms with van der Waals surface area (Å²) in [4.78, 5) is 20.6. The standard InChI is InChI=1S/C16H23N3O2/c1-16(2,3)21-15(20)19-11-13-8-14(19)10-18(13)9-12-4-6-17-7-5-12/h4-7,13-14H,8-11H2,1-3H3. The van der Waals surface area contributed by atoms with Gasteiger partial charge in [0.1, 0.15) is 5.60 Å². The number of hydrogen-bond donors (Lipinski definition) is 0. The van der Waals surface area contributed by atoms with Crippen LogP contribution in [-0.2, 0) is 11.3 Å². The Balaban J connectivity index is 1.58. The van der Waals surface area contributed by atoms with Crippen LogP contribution >= 0.6 is 0 Å². The van der Waals surface area contributed by atoms with Crippen LogP contribution in [0.2, 0.25) is 0 Å². The molecule has 2 bridgehead atoms. The van der Waals surface area contributed by atoms with Gasteiger partial charge in [-0.05, 0) is 44.9 Å². The summed E-state index contributed by atoms with van der Waals surface area (Å²) < 4.78 is 5.49. The number of nitrogens with zero attached hydrogens (tertiary/aromatic N) is 3. The van der Waals surface area contributed by atoms with Crippen LogP contribution in [-0.4, -0.2) is 51.7 Å². The number of aromatic nitrogens is 1. The maximum absolute atomic E-state index is 12.2. The van der Waals surface area contributed by atoms with Crippen LogP contribution in [0.15, 0.2) is 24.5 Å². The summed E-state index contributed by atoms with van der Waals surface area (Å²) in [6, 6.07) is 4.86. The van der Waals surface area contributed by atoms with E-state index in [2.05, 4.69) is 22.0 Å². The highest BCUT2D eigenvalue weighted by Crippen LogP contribution is 2.32. The number of hydrogen-bond acceptors (Lipinski definition) is 4. The summed E-state index contributed by atoms with van der Waals surface area (Å²) >= 11 is 0. The van der Waals surface area contributed by atoms with Crippen molar-refractivity contribution in [2.45, 2.75) is 51.4 Å². The predicted octanol–water partition coefficient (Wildman–Crippen LogP) is 2.28. The molecule has 2 aliphatic rings. The van der Waals surface area contributed by atoms with Crippen molar-refractivity contribution in [1.82, 2.24) is 14.8 Å². The smallest absolute Gasteiger partial charge is 0.410 e. The second-order valence-corrected chi connectivity index (χ2v) is 6.96. The lowest BCUT2D eigenvalue weighted by Crippen LogP contribution is -2.49. The van der Waals surface area contributed by atoms with Crippen molar-refractivity contribution in [3.05, 3.63) is 30.1 Å². The van der Waals surface area contributed by atoms with Crippen LogP contribution < -0.4 is 0 Å². The molecule has 0 spiro atoms. The van der Waals surface area contributed by atoms with Crippen molar-refractivity contribution in [1.29, 1.82) is 0 Å². The van der Waals surface area contributed by atoms with E-state index in [1.165, 1.54) is 5.56 Å². The summed E-state index contributed by atoms with van der Waals surface area (Å²) in [5.41, 5.74) is 0.858. The number of carbonyl (C=O) groups is 1. The van der Waals surface area contributed by atoms with E-state index >= 15 is 0 Å². The van der Waals surface area contributed by atoms with Gasteiger partial charge >= 0.3 is 6.09 Å². The zero-order valence-corrected chi connectivity index (χ0v) is 13.0. The van der Waals surface area contributed by atoms with Crippen molar-refractivity contribution in [3.8, 4) is 0 Å². The molecule has 1 amide bonds. The van der Waals surface area contributed by atoms with E-state index in [1.807, 2.05) is 38.1 Å². The molecule has 5 heteroatoms. The molecule has 2 atom stereocenters. The second kappa shape index (κ2) is 5.30. The molecule has 2 fully saturated rings. The molecule has 2 aliphatic heterocycles. The summed E-state index contributed by atoms with van der Waals surface area (Å²) in [5.74, 6) is 0. The van der Waals surface area contributed by atoms with Crippen LogP contribution in [0.4, 0.5) is 4.79 Å². The highest BCUT2D eigenvalue weighted by atomic mass is 16.6. The van der Waals surface area contributed by atoms with Crippen molar-refractivity contribution < 1.29 is 9.53 Å². The molecule has 2 saturated heterocycles. The van der Waals surface area contributed by atoms with Crippen molar-refractivity contribution in [2.24, 2.45) is 0 Å². The van der Waals surface area contributed by atoms with Crippen LogP contribution in [0, 0.1) is 0 Å². The van der Waals surface area contributed by atoms with Crippen molar-refractivity contribution in [3.63, 3.8) is 0 Å². The fourth-order valence-electron chi connectivity index (χ4n) is 3.21. The van der Waals surface area contributed by atoms with E-state index in [0.29, 0.717) is 12.1 Å². The first-order chi connectivity index (χ1) is 9.92. The number of ether oxygens (including phenoxy) is 1. The number of rotatable bonds is 2. The molecule has 0 aliphatic carbocycles. The predicted molar refractivity (Wildman–Crippen MR) is 79.8 cm³/mol. The molecular weight excluding hydrogens is 266 g/mol. The summed E-state index contributed by atoms with van der Waals surface area (Å²) in [6.45, 7) is 8.39. The highest BCUT2D eigenvalue weighted by Gasteiger charge is 2.46. The van der Waals surface area contributed by atoms with Gasteiger partial charge in [0, 0.05) is 44.1 Å². The number of piperazine rings is 1. The maximum Gasteiger partial charge on any atom is 0.410 e. The Morgan fingerprint density at radius 3 is 2.57 bits per heavy atom. The Morgan fingerprint density at radius 1 is 1.29 bits per heavy atom. The topological polar surface area (TPSA) is 45.7 Å². The molecule has 3 heterocycles. The third-order valence-electron chi connectivity index (χ3n) is 4.12. The molecule has 21 heavy (non-hydrogen) atoms. The van der Waals surface area contributed by atoms with Gasteiger partial charge in [-0.25, -0.2) is 4.79 Å². The highest BCUT2D eigenvalue weighted by molar-refractivity contribution is 5.69. The molecule has 2 unspecified atom stereocenters. The first-order valence-corrected chi connectivity index (χ1v) is 7.55. The molecule has 1 aromatic heterocycles. The largest absolute Gasteiger partial charge is 0.444 e. The molecule has 0 N–H and O–H groups in total. The molecule has 0 aromatic carbocycles. The normalized spacial score (nSPS) is 25.4.